The molecule has 0 fully saturated rings. The Morgan fingerprint density at radius 2 is 1.69 bits per heavy atom. The highest BCUT2D eigenvalue weighted by Crippen LogP contribution is 2.23. The predicted octanol–water partition coefficient (Wildman–Crippen LogP) is 3.53. The summed E-state index contributed by atoms with van der Waals surface area (Å²) < 4.78 is 37.5. The van der Waals surface area contributed by atoms with Gasteiger partial charge >= 0.3 is 12.1 Å². The Balaban J connectivity index is 1.71. The molecular weight excluding hydrogens is 385 g/mol. The molecule has 1 heterocycles. The summed E-state index contributed by atoms with van der Waals surface area (Å²) in [5.74, 6) is 2.56. The van der Waals surface area contributed by atoms with E-state index in [1.807, 2.05) is 0 Å². The van der Waals surface area contributed by atoms with E-state index in [4.69, 9.17) is 0 Å². The second-order valence-corrected chi connectivity index (χ2v) is 6.36. The van der Waals surface area contributed by atoms with Gasteiger partial charge in [-0.2, -0.15) is 13.2 Å². The summed E-state index contributed by atoms with van der Waals surface area (Å²) in [7, 11) is 0. The van der Waals surface area contributed by atoms with Crippen molar-refractivity contribution in [2.75, 3.05) is 11.9 Å². The monoisotopic (exact) mass is 400 g/mol. The number of benzene rings is 2. The smallest absolute Gasteiger partial charge is 0.317 e. The molecule has 0 unspecified atom stereocenters. The van der Waals surface area contributed by atoms with Crippen LogP contribution in [0.15, 0.2) is 42.5 Å². The molecule has 0 saturated carbocycles. The van der Waals surface area contributed by atoms with Crippen molar-refractivity contribution in [3.63, 3.8) is 0 Å². The SMILES string of the molecule is Cc1ccc(NC(=O)C(F)(F)F)c(C#CCCN2C(=O)c3ccccc3C2=O)c1. The fourth-order valence-corrected chi connectivity index (χ4v) is 2.83. The number of carbonyl (C=O) groups excluding carboxylic acids is 3. The van der Waals surface area contributed by atoms with Gasteiger partial charge in [-0.05, 0) is 36.8 Å². The largest absolute Gasteiger partial charge is 0.471 e. The number of imide groups is 1. The Hall–Kier alpha value is -3.60. The number of fused-ring (bicyclic) bond motifs is 1. The molecule has 29 heavy (non-hydrogen) atoms. The first-order chi connectivity index (χ1) is 13.7. The number of anilines is 1. The Morgan fingerprint density at radius 3 is 2.28 bits per heavy atom. The van der Waals surface area contributed by atoms with Crippen LogP contribution in [0.25, 0.3) is 0 Å². The summed E-state index contributed by atoms with van der Waals surface area (Å²) in [6, 6.07) is 10.9. The van der Waals surface area contributed by atoms with Crippen LogP contribution in [0.2, 0.25) is 0 Å². The van der Waals surface area contributed by atoms with E-state index in [0.29, 0.717) is 11.1 Å². The fraction of sp³-hybridized carbons (Fsp3) is 0.190. The van der Waals surface area contributed by atoms with Crippen molar-refractivity contribution in [3.05, 3.63) is 64.7 Å². The number of rotatable bonds is 3. The molecule has 0 bridgehead atoms. The van der Waals surface area contributed by atoms with E-state index in [0.717, 1.165) is 10.5 Å². The standard InChI is InChI=1S/C21H15F3N2O3/c1-13-9-10-17(25-20(29)21(22,23)24)14(12-13)6-4-5-11-26-18(27)15-7-2-3-8-16(15)19(26)28/h2-3,7-10,12H,5,11H2,1H3,(H,25,29). The van der Waals surface area contributed by atoms with Gasteiger partial charge in [-0.15, -0.1) is 0 Å². The van der Waals surface area contributed by atoms with Crippen LogP contribution in [-0.4, -0.2) is 35.3 Å². The van der Waals surface area contributed by atoms with Gasteiger partial charge in [0.25, 0.3) is 11.8 Å². The second kappa shape index (κ2) is 7.80. The molecule has 8 heteroatoms. The highest BCUT2D eigenvalue weighted by Gasteiger charge is 2.39. The molecule has 3 rings (SSSR count). The van der Waals surface area contributed by atoms with Crippen LogP contribution >= 0.6 is 0 Å². The summed E-state index contributed by atoms with van der Waals surface area (Å²) in [6.45, 7) is 1.79. The van der Waals surface area contributed by atoms with Gasteiger partial charge in [0.1, 0.15) is 0 Å². The van der Waals surface area contributed by atoms with Crippen molar-refractivity contribution >= 4 is 23.4 Å². The minimum absolute atomic E-state index is 0.0510. The third-order valence-corrected chi connectivity index (χ3v) is 4.24. The molecule has 0 radical (unpaired) electrons. The van der Waals surface area contributed by atoms with Crippen LogP contribution in [-0.2, 0) is 4.79 Å². The lowest BCUT2D eigenvalue weighted by Crippen LogP contribution is -2.30. The Morgan fingerprint density at radius 1 is 1.07 bits per heavy atom. The summed E-state index contributed by atoms with van der Waals surface area (Å²) >= 11 is 0. The van der Waals surface area contributed by atoms with E-state index in [2.05, 4.69) is 11.8 Å². The highest BCUT2D eigenvalue weighted by molar-refractivity contribution is 6.21. The zero-order valence-electron chi connectivity index (χ0n) is 15.3. The third kappa shape index (κ3) is 4.29. The van der Waals surface area contributed by atoms with Gasteiger partial charge in [0, 0.05) is 18.5 Å². The second-order valence-electron chi connectivity index (χ2n) is 6.36. The summed E-state index contributed by atoms with van der Waals surface area (Å²) in [6.07, 6.45) is -4.88. The molecule has 1 N–H and O–H groups in total. The van der Waals surface area contributed by atoms with E-state index in [-0.39, 0.29) is 24.2 Å². The van der Waals surface area contributed by atoms with E-state index in [1.54, 1.807) is 48.6 Å². The van der Waals surface area contributed by atoms with Crippen molar-refractivity contribution in [2.24, 2.45) is 0 Å². The van der Waals surface area contributed by atoms with E-state index in [9.17, 15) is 27.6 Å². The number of halogens is 3. The van der Waals surface area contributed by atoms with Crippen LogP contribution in [0.4, 0.5) is 18.9 Å². The number of hydrogen-bond acceptors (Lipinski definition) is 3. The number of aryl methyl sites for hydroxylation is 1. The maximum absolute atomic E-state index is 12.5. The number of amides is 3. The zero-order chi connectivity index (χ0) is 21.2. The summed E-state index contributed by atoms with van der Waals surface area (Å²) in [5.41, 5.74) is 1.57. The molecule has 0 spiro atoms. The quantitative estimate of drug-likeness (QED) is 0.633. The first kappa shape index (κ1) is 20.1. The van der Waals surface area contributed by atoms with Gasteiger partial charge in [-0.3, -0.25) is 19.3 Å². The van der Waals surface area contributed by atoms with Crippen LogP contribution in [0, 0.1) is 18.8 Å². The maximum Gasteiger partial charge on any atom is 0.471 e. The number of nitrogens with one attached hydrogen (secondary N) is 1. The molecule has 0 atom stereocenters. The first-order valence-corrected chi connectivity index (χ1v) is 8.61. The van der Waals surface area contributed by atoms with Gasteiger partial charge in [-0.1, -0.05) is 30.0 Å². The Kier molecular flexibility index (Phi) is 5.41. The van der Waals surface area contributed by atoms with Crippen molar-refractivity contribution in [1.82, 2.24) is 4.90 Å². The minimum atomic E-state index is -5.01. The third-order valence-electron chi connectivity index (χ3n) is 4.24. The molecule has 1 aliphatic rings. The molecule has 5 nitrogen and oxygen atoms in total. The maximum atomic E-state index is 12.5. The van der Waals surface area contributed by atoms with Crippen molar-refractivity contribution in [3.8, 4) is 11.8 Å². The fourth-order valence-electron chi connectivity index (χ4n) is 2.83. The molecule has 3 amide bonds. The van der Waals surface area contributed by atoms with Gasteiger partial charge < -0.3 is 5.32 Å². The molecular formula is C21H15F3N2O3. The Labute approximate surface area is 164 Å². The van der Waals surface area contributed by atoms with Crippen LogP contribution in [0.1, 0.15) is 38.3 Å². The van der Waals surface area contributed by atoms with Gasteiger partial charge in [0.2, 0.25) is 0 Å². The molecule has 0 aromatic heterocycles. The number of hydrogen-bond donors (Lipinski definition) is 1. The molecule has 1 aliphatic heterocycles. The molecule has 0 saturated heterocycles. The average Bonchev–Trinajstić information content (AvgIpc) is 2.91. The first-order valence-electron chi connectivity index (χ1n) is 8.61. The van der Waals surface area contributed by atoms with E-state index < -0.39 is 23.9 Å². The van der Waals surface area contributed by atoms with Crippen molar-refractivity contribution in [2.45, 2.75) is 19.5 Å². The molecule has 2 aromatic carbocycles. The van der Waals surface area contributed by atoms with Crippen molar-refractivity contribution in [1.29, 1.82) is 0 Å². The normalized spacial score (nSPS) is 13.0. The number of nitrogens with zero attached hydrogens (tertiary/aromatic N) is 1. The van der Waals surface area contributed by atoms with Gasteiger partial charge in [-0.25, -0.2) is 0 Å². The van der Waals surface area contributed by atoms with Gasteiger partial charge in [0.05, 0.1) is 16.8 Å². The highest BCUT2D eigenvalue weighted by atomic mass is 19.4. The van der Waals surface area contributed by atoms with Crippen molar-refractivity contribution < 1.29 is 27.6 Å². The lowest BCUT2D eigenvalue weighted by atomic mass is 10.1. The lowest BCUT2D eigenvalue weighted by molar-refractivity contribution is -0.167. The minimum Gasteiger partial charge on any atom is -0.317 e. The van der Waals surface area contributed by atoms with E-state index >= 15 is 0 Å². The average molecular weight is 400 g/mol. The molecule has 2 aromatic rings. The van der Waals surface area contributed by atoms with E-state index in [1.165, 1.54) is 6.07 Å². The topological polar surface area (TPSA) is 66.5 Å². The molecule has 148 valence electrons. The number of carbonyl (C=O) groups is 3. The lowest BCUT2D eigenvalue weighted by Gasteiger charge is -2.11. The summed E-state index contributed by atoms with van der Waals surface area (Å²) in [5, 5.41) is 1.80. The Bertz CT molecular complexity index is 1030. The summed E-state index contributed by atoms with van der Waals surface area (Å²) in [4.78, 5) is 36.9. The number of alkyl halides is 3. The van der Waals surface area contributed by atoms with Crippen LogP contribution in [0.5, 0.6) is 0 Å². The predicted molar refractivity (Wildman–Crippen MR) is 99.2 cm³/mol. The van der Waals surface area contributed by atoms with Crippen LogP contribution in [0.3, 0.4) is 0 Å². The molecule has 0 aliphatic carbocycles. The zero-order valence-corrected chi connectivity index (χ0v) is 15.3. The van der Waals surface area contributed by atoms with Crippen LogP contribution < -0.4 is 5.32 Å². The van der Waals surface area contributed by atoms with Gasteiger partial charge in [0.15, 0.2) is 0 Å².